The van der Waals surface area contributed by atoms with Gasteiger partial charge in [0, 0.05) is 0 Å². The Hall–Kier alpha value is -1.62. The number of hydrogen-bond acceptors (Lipinski definition) is 1. The quantitative estimate of drug-likeness (QED) is 0.459. The van der Waals surface area contributed by atoms with E-state index in [4.69, 9.17) is 5.26 Å². The Morgan fingerprint density at radius 2 is 2.00 bits per heavy atom. The smallest absolute Gasteiger partial charge is 0.141 e. The van der Waals surface area contributed by atoms with Gasteiger partial charge in [-0.15, -0.1) is 0 Å². The van der Waals surface area contributed by atoms with Crippen LogP contribution in [0.3, 0.4) is 0 Å². The molecule has 22 heavy (non-hydrogen) atoms. The molecule has 1 aromatic carbocycles. The summed E-state index contributed by atoms with van der Waals surface area (Å²) >= 11 is 0. The molecule has 1 aliphatic carbocycles. The lowest BCUT2D eigenvalue weighted by Gasteiger charge is -2.27. The van der Waals surface area contributed by atoms with Gasteiger partial charge in [0.05, 0.1) is 5.56 Å². The second-order valence-electron chi connectivity index (χ2n) is 6.39. The minimum Gasteiger partial charge on any atom is -0.206 e. The van der Waals surface area contributed by atoms with E-state index in [2.05, 4.69) is 19.1 Å². The van der Waals surface area contributed by atoms with Crippen LogP contribution < -0.4 is 0 Å². The number of nitrogens with zero attached hydrogens (tertiary/aromatic N) is 1. The molecule has 1 aliphatic rings. The van der Waals surface area contributed by atoms with Gasteiger partial charge < -0.3 is 0 Å². The molecule has 0 radical (unpaired) electrons. The van der Waals surface area contributed by atoms with Gasteiger partial charge >= 0.3 is 0 Å². The zero-order valence-corrected chi connectivity index (χ0v) is 13.5. The molecule has 0 bridgehead atoms. The summed E-state index contributed by atoms with van der Waals surface area (Å²) < 4.78 is 13.7. The van der Waals surface area contributed by atoms with Crippen LogP contribution in [0.4, 0.5) is 4.39 Å². The van der Waals surface area contributed by atoms with Crippen LogP contribution >= 0.6 is 0 Å². The number of halogens is 1. The van der Waals surface area contributed by atoms with Crippen molar-refractivity contribution in [2.45, 2.75) is 64.2 Å². The fourth-order valence-corrected chi connectivity index (χ4v) is 3.32. The molecule has 2 rings (SSSR count). The summed E-state index contributed by atoms with van der Waals surface area (Å²) in [5.41, 5.74) is 1.20. The van der Waals surface area contributed by atoms with E-state index >= 15 is 0 Å². The van der Waals surface area contributed by atoms with Gasteiger partial charge in [0.1, 0.15) is 11.9 Å². The van der Waals surface area contributed by atoms with Gasteiger partial charge in [-0.3, -0.25) is 0 Å². The number of allylic oxidation sites excluding steroid dienone is 2. The Balaban J connectivity index is 1.82. The van der Waals surface area contributed by atoms with Crippen LogP contribution in [0, 0.1) is 23.1 Å². The van der Waals surface area contributed by atoms with Crippen molar-refractivity contribution in [3.63, 3.8) is 0 Å². The van der Waals surface area contributed by atoms with E-state index in [1.807, 2.05) is 12.1 Å². The molecule has 0 N–H and O–H groups in total. The highest BCUT2D eigenvalue weighted by atomic mass is 19.1. The lowest BCUT2D eigenvalue weighted by atomic mass is 9.78. The maximum atomic E-state index is 13.7. The maximum absolute atomic E-state index is 13.7. The Morgan fingerprint density at radius 3 is 2.64 bits per heavy atom. The number of rotatable bonds is 6. The molecule has 2 heteroatoms. The zero-order chi connectivity index (χ0) is 15.8. The van der Waals surface area contributed by atoms with E-state index in [-0.39, 0.29) is 11.4 Å². The van der Waals surface area contributed by atoms with Crippen LogP contribution in [-0.2, 0) is 0 Å². The Bertz CT molecular complexity index is 533. The highest BCUT2D eigenvalue weighted by molar-refractivity contribution is 5.35. The van der Waals surface area contributed by atoms with Crippen molar-refractivity contribution in [2.24, 2.45) is 5.92 Å². The van der Waals surface area contributed by atoms with E-state index < -0.39 is 0 Å². The number of unbranched alkanes of at least 4 members (excludes halogenated alkanes) is 3. The summed E-state index contributed by atoms with van der Waals surface area (Å²) in [5, 5.41) is 8.79. The van der Waals surface area contributed by atoms with Crippen LogP contribution in [0.15, 0.2) is 30.4 Å². The summed E-state index contributed by atoms with van der Waals surface area (Å²) in [4.78, 5) is 0. The third-order valence-corrected chi connectivity index (χ3v) is 4.74. The van der Waals surface area contributed by atoms with Gasteiger partial charge in [0.25, 0.3) is 0 Å². The van der Waals surface area contributed by atoms with Crippen molar-refractivity contribution in [3.8, 4) is 6.07 Å². The van der Waals surface area contributed by atoms with Crippen LogP contribution in [0.1, 0.15) is 75.3 Å². The first-order valence-corrected chi connectivity index (χ1v) is 8.60. The highest BCUT2D eigenvalue weighted by Crippen LogP contribution is 2.36. The number of hydrogen-bond donors (Lipinski definition) is 0. The lowest BCUT2D eigenvalue weighted by Crippen LogP contribution is -2.12. The van der Waals surface area contributed by atoms with E-state index in [9.17, 15) is 4.39 Å². The minimum absolute atomic E-state index is 0.146. The van der Waals surface area contributed by atoms with E-state index in [0.717, 1.165) is 18.4 Å². The molecular weight excluding hydrogens is 273 g/mol. The van der Waals surface area contributed by atoms with Crippen molar-refractivity contribution < 1.29 is 4.39 Å². The minimum atomic E-state index is -0.377. The predicted octanol–water partition coefficient (Wildman–Crippen LogP) is 6.11. The topological polar surface area (TPSA) is 23.8 Å². The van der Waals surface area contributed by atoms with E-state index in [0.29, 0.717) is 11.8 Å². The summed E-state index contributed by atoms with van der Waals surface area (Å²) in [5.74, 6) is 0.769. The third kappa shape index (κ3) is 4.70. The van der Waals surface area contributed by atoms with Gasteiger partial charge in [0.2, 0.25) is 0 Å². The Kier molecular flexibility index (Phi) is 6.65. The van der Waals surface area contributed by atoms with E-state index in [1.165, 1.54) is 38.5 Å². The summed E-state index contributed by atoms with van der Waals surface area (Å²) in [6.45, 7) is 2.23. The second-order valence-corrected chi connectivity index (χ2v) is 6.39. The number of benzene rings is 1. The monoisotopic (exact) mass is 299 g/mol. The summed E-state index contributed by atoms with van der Waals surface area (Å²) in [6.07, 6.45) is 14.5. The molecule has 0 atom stereocenters. The number of nitriles is 1. The second kappa shape index (κ2) is 8.73. The van der Waals surface area contributed by atoms with Crippen LogP contribution in [-0.4, -0.2) is 0 Å². The van der Waals surface area contributed by atoms with Crippen molar-refractivity contribution in [1.29, 1.82) is 5.26 Å². The normalized spacial score (nSPS) is 21.9. The summed E-state index contributed by atoms with van der Waals surface area (Å²) in [6, 6.07) is 6.98. The van der Waals surface area contributed by atoms with Gasteiger partial charge in [0.15, 0.2) is 0 Å². The van der Waals surface area contributed by atoms with Crippen molar-refractivity contribution in [3.05, 3.63) is 47.3 Å². The Morgan fingerprint density at radius 1 is 1.23 bits per heavy atom. The predicted molar refractivity (Wildman–Crippen MR) is 89.1 cm³/mol. The molecule has 0 amide bonds. The fourth-order valence-electron chi connectivity index (χ4n) is 3.32. The van der Waals surface area contributed by atoms with Crippen molar-refractivity contribution >= 4 is 0 Å². The molecule has 0 aliphatic heterocycles. The van der Waals surface area contributed by atoms with Crippen LogP contribution in [0.5, 0.6) is 0 Å². The standard InChI is InChI=1S/C20H26FN/c1-2-3-4-5-6-7-16-8-10-17(11-9-16)18-12-13-19(15-22)20(21)14-18/h6-7,12-14,16-17H,2-5,8-11H2,1H3/b7-6+. The molecule has 1 saturated carbocycles. The largest absolute Gasteiger partial charge is 0.206 e. The van der Waals surface area contributed by atoms with Gasteiger partial charge in [-0.2, -0.15) is 5.26 Å². The average molecular weight is 299 g/mol. The first-order valence-electron chi connectivity index (χ1n) is 8.60. The maximum Gasteiger partial charge on any atom is 0.141 e. The SMILES string of the molecule is CCCCC/C=C/C1CCC(c2ccc(C#N)c(F)c2)CC1. The van der Waals surface area contributed by atoms with Gasteiger partial charge in [-0.1, -0.05) is 38.0 Å². The molecular formula is C20H26FN. The van der Waals surface area contributed by atoms with Crippen molar-refractivity contribution in [2.75, 3.05) is 0 Å². The Labute approximate surface area is 133 Å². The lowest BCUT2D eigenvalue weighted by molar-refractivity contribution is 0.374. The van der Waals surface area contributed by atoms with Crippen LogP contribution in [0.25, 0.3) is 0 Å². The highest BCUT2D eigenvalue weighted by Gasteiger charge is 2.21. The average Bonchev–Trinajstić information content (AvgIpc) is 2.55. The molecule has 0 saturated heterocycles. The summed E-state index contributed by atoms with van der Waals surface area (Å²) in [7, 11) is 0. The fraction of sp³-hybridized carbons (Fsp3) is 0.550. The zero-order valence-electron chi connectivity index (χ0n) is 13.5. The molecule has 0 aromatic heterocycles. The first-order chi connectivity index (χ1) is 10.7. The van der Waals surface area contributed by atoms with Gasteiger partial charge in [-0.25, -0.2) is 4.39 Å². The molecule has 1 nitrogen and oxygen atoms in total. The molecule has 0 unspecified atom stereocenters. The van der Waals surface area contributed by atoms with Gasteiger partial charge in [-0.05, 0) is 68.1 Å². The third-order valence-electron chi connectivity index (χ3n) is 4.74. The van der Waals surface area contributed by atoms with E-state index in [1.54, 1.807) is 12.1 Å². The molecule has 0 heterocycles. The molecule has 1 aromatic rings. The molecule has 0 spiro atoms. The molecule has 1 fully saturated rings. The van der Waals surface area contributed by atoms with Crippen molar-refractivity contribution in [1.82, 2.24) is 0 Å². The molecule has 118 valence electrons. The first kappa shape index (κ1) is 16.7. The van der Waals surface area contributed by atoms with Crippen LogP contribution in [0.2, 0.25) is 0 Å².